The van der Waals surface area contributed by atoms with Crippen molar-refractivity contribution in [1.29, 1.82) is 0 Å². The van der Waals surface area contributed by atoms with E-state index in [1.807, 2.05) is 13.8 Å². The fourth-order valence-corrected chi connectivity index (χ4v) is 1.71. The number of nitrogens with zero attached hydrogens (tertiary/aromatic N) is 3. The average Bonchev–Trinajstić information content (AvgIpc) is 2.44. The Morgan fingerprint density at radius 2 is 2.05 bits per heavy atom. The summed E-state index contributed by atoms with van der Waals surface area (Å²) in [6.07, 6.45) is 1.49. The van der Waals surface area contributed by atoms with Crippen LogP contribution < -0.4 is 10.6 Å². The molecule has 1 atom stereocenters. The Hall–Kier alpha value is -1.96. The van der Waals surface area contributed by atoms with Gasteiger partial charge in [-0.3, -0.25) is 10.1 Å². The molecule has 0 spiro atoms. The Morgan fingerprint density at radius 1 is 1.38 bits per heavy atom. The average molecular weight is 297 g/mol. The van der Waals surface area contributed by atoms with E-state index < -0.39 is 10.5 Å². The lowest BCUT2D eigenvalue weighted by Crippen LogP contribution is -2.38. The summed E-state index contributed by atoms with van der Waals surface area (Å²) in [6.45, 7) is 7.78. The van der Waals surface area contributed by atoms with E-state index in [9.17, 15) is 15.2 Å². The molecule has 0 fully saturated rings. The highest BCUT2D eigenvalue weighted by Crippen LogP contribution is 2.29. The van der Waals surface area contributed by atoms with Crippen LogP contribution in [0.3, 0.4) is 0 Å². The highest BCUT2D eigenvalue weighted by molar-refractivity contribution is 5.61. The Bertz CT molecular complexity index is 503. The highest BCUT2D eigenvalue weighted by atomic mass is 16.6. The zero-order valence-electron chi connectivity index (χ0n) is 12.9. The Kier molecular flexibility index (Phi) is 5.83. The first kappa shape index (κ1) is 17.1. The van der Waals surface area contributed by atoms with E-state index in [0.717, 1.165) is 6.42 Å². The minimum absolute atomic E-state index is 0.129. The summed E-state index contributed by atoms with van der Waals surface area (Å²) in [7, 11) is 0. The van der Waals surface area contributed by atoms with E-state index in [-0.39, 0.29) is 23.8 Å². The van der Waals surface area contributed by atoms with Gasteiger partial charge in [0.25, 0.3) is 0 Å². The summed E-state index contributed by atoms with van der Waals surface area (Å²) in [5.74, 6) is 0.475. The monoisotopic (exact) mass is 297 g/mol. The summed E-state index contributed by atoms with van der Waals surface area (Å²) >= 11 is 0. The fourth-order valence-electron chi connectivity index (χ4n) is 1.71. The lowest BCUT2D eigenvalue weighted by Gasteiger charge is -2.27. The first-order valence-corrected chi connectivity index (χ1v) is 7.02. The molecule has 0 bridgehead atoms. The lowest BCUT2D eigenvalue weighted by molar-refractivity contribution is -0.385. The molecule has 0 saturated carbocycles. The van der Waals surface area contributed by atoms with Crippen molar-refractivity contribution < 1.29 is 10.0 Å². The summed E-state index contributed by atoms with van der Waals surface area (Å²) in [5, 5.41) is 26.7. The molecule has 3 N–H and O–H groups in total. The maximum absolute atomic E-state index is 11.2. The van der Waals surface area contributed by atoms with Gasteiger partial charge in [-0.05, 0) is 26.7 Å². The van der Waals surface area contributed by atoms with Gasteiger partial charge in [-0.25, -0.2) is 4.98 Å². The van der Waals surface area contributed by atoms with Gasteiger partial charge in [0, 0.05) is 6.54 Å². The van der Waals surface area contributed by atoms with Crippen molar-refractivity contribution in [1.82, 2.24) is 9.97 Å². The zero-order chi connectivity index (χ0) is 16.0. The van der Waals surface area contributed by atoms with Gasteiger partial charge in [0.2, 0.25) is 11.8 Å². The summed E-state index contributed by atoms with van der Waals surface area (Å²) < 4.78 is 0. The second kappa shape index (κ2) is 7.16. The number of aryl methyl sites for hydroxylation is 1. The Morgan fingerprint density at radius 3 is 2.52 bits per heavy atom. The van der Waals surface area contributed by atoms with Gasteiger partial charge < -0.3 is 15.7 Å². The lowest BCUT2D eigenvalue weighted by atomic mass is 10.0. The van der Waals surface area contributed by atoms with Crippen LogP contribution in [0.25, 0.3) is 0 Å². The molecule has 0 amide bonds. The van der Waals surface area contributed by atoms with Gasteiger partial charge in [-0.1, -0.05) is 13.8 Å². The molecule has 1 unspecified atom stereocenters. The number of nitro groups is 1. The fraction of sp³-hybridized carbons (Fsp3) is 0.692. The van der Waals surface area contributed by atoms with E-state index in [2.05, 4.69) is 20.6 Å². The van der Waals surface area contributed by atoms with Crippen molar-refractivity contribution in [3.63, 3.8) is 0 Å². The molecule has 0 aromatic carbocycles. The third kappa shape index (κ3) is 4.25. The van der Waals surface area contributed by atoms with Crippen molar-refractivity contribution in [2.75, 3.05) is 23.8 Å². The Labute approximate surface area is 124 Å². The number of anilines is 2. The van der Waals surface area contributed by atoms with Crippen LogP contribution in [0.2, 0.25) is 0 Å². The molecule has 118 valence electrons. The molecule has 0 aliphatic carbocycles. The molecule has 1 heterocycles. The number of hydrogen-bond acceptors (Lipinski definition) is 7. The molecule has 8 nitrogen and oxygen atoms in total. The molecular formula is C13H23N5O3. The van der Waals surface area contributed by atoms with Gasteiger partial charge in [-0.15, -0.1) is 0 Å². The third-order valence-electron chi connectivity index (χ3n) is 3.32. The Balaban J connectivity index is 3.24. The largest absolute Gasteiger partial charge is 0.394 e. The van der Waals surface area contributed by atoms with Crippen LogP contribution in [-0.2, 0) is 0 Å². The molecular weight excluding hydrogens is 274 g/mol. The predicted octanol–water partition coefficient (Wildman–Crippen LogP) is 2.09. The maximum atomic E-state index is 11.2. The first-order valence-electron chi connectivity index (χ1n) is 7.02. The first-order chi connectivity index (χ1) is 9.86. The minimum Gasteiger partial charge on any atom is -0.394 e. The number of rotatable bonds is 8. The van der Waals surface area contributed by atoms with E-state index in [4.69, 9.17) is 0 Å². The van der Waals surface area contributed by atoms with E-state index in [1.165, 1.54) is 0 Å². The van der Waals surface area contributed by atoms with Crippen LogP contribution in [-0.4, -0.2) is 38.7 Å². The van der Waals surface area contributed by atoms with Crippen LogP contribution in [0.1, 0.15) is 39.3 Å². The zero-order valence-corrected chi connectivity index (χ0v) is 12.9. The van der Waals surface area contributed by atoms with Crippen molar-refractivity contribution in [2.45, 2.75) is 46.1 Å². The number of hydrogen-bond donors (Lipinski definition) is 3. The molecule has 1 aromatic heterocycles. The molecule has 1 rings (SSSR count). The molecule has 8 heteroatoms. The van der Waals surface area contributed by atoms with E-state index >= 15 is 0 Å². The molecule has 0 aliphatic rings. The van der Waals surface area contributed by atoms with Crippen LogP contribution in [0, 0.1) is 17.0 Å². The molecule has 0 radical (unpaired) electrons. The number of nitrogens with one attached hydrogen (secondary N) is 2. The molecule has 0 aliphatic heterocycles. The van der Waals surface area contributed by atoms with Gasteiger partial charge in [0.15, 0.2) is 0 Å². The summed E-state index contributed by atoms with van der Waals surface area (Å²) in [4.78, 5) is 19.0. The van der Waals surface area contributed by atoms with E-state index in [1.54, 1.807) is 13.8 Å². The number of aliphatic hydroxyl groups excluding tert-OH is 1. The van der Waals surface area contributed by atoms with Crippen LogP contribution in [0.15, 0.2) is 0 Å². The quantitative estimate of drug-likeness (QED) is 0.497. The van der Waals surface area contributed by atoms with Crippen molar-refractivity contribution >= 4 is 17.5 Å². The predicted molar refractivity (Wildman–Crippen MR) is 81.6 cm³/mol. The van der Waals surface area contributed by atoms with Crippen LogP contribution in [0.5, 0.6) is 0 Å². The summed E-state index contributed by atoms with van der Waals surface area (Å²) in [6, 6.07) is 0. The standard InChI is InChI=1S/C13H23N5O3/c1-5-7-14-12-15-9(3)10(18(20)21)11(16-12)17-13(4,6-2)8-19/h19H,5-8H2,1-4H3,(H2,14,15,16,17). The SMILES string of the molecule is CCCNc1nc(C)c([N+](=O)[O-])c(NC(C)(CC)CO)n1. The van der Waals surface area contributed by atoms with Gasteiger partial charge in [-0.2, -0.15) is 4.98 Å². The molecule has 1 aromatic rings. The smallest absolute Gasteiger partial charge is 0.332 e. The highest BCUT2D eigenvalue weighted by Gasteiger charge is 2.28. The third-order valence-corrected chi connectivity index (χ3v) is 3.32. The summed E-state index contributed by atoms with van der Waals surface area (Å²) in [5.41, 5.74) is -0.550. The molecule has 0 saturated heterocycles. The van der Waals surface area contributed by atoms with Crippen molar-refractivity contribution in [3.05, 3.63) is 15.8 Å². The van der Waals surface area contributed by atoms with E-state index in [0.29, 0.717) is 18.9 Å². The second-order valence-corrected chi connectivity index (χ2v) is 5.21. The molecule has 21 heavy (non-hydrogen) atoms. The van der Waals surface area contributed by atoms with Gasteiger partial charge in [0.05, 0.1) is 17.1 Å². The van der Waals surface area contributed by atoms with Crippen LogP contribution >= 0.6 is 0 Å². The minimum atomic E-state index is -0.673. The van der Waals surface area contributed by atoms with Crippen molar-refractivity contribution in [2.24, 2.45) is 0 Å². The van der Waals surface area contributed by atoms with Gasteiger partial charge >= 0.3 is 5.69 Å². The van der Waals surface area contributed by atoms with Crippen LogP contribution in [0.4, 0.5) is 17.5 Å². The normalized spacial score (nSPS) is 13.6. The maximum Gasteiger partial charge on any atom is 0.332 e. The number of aliphatic hydroxyl groups is 1. The van der Waals surface area contributed by atoms with Crippen molar-refractivity contribution in [3.8, 4) is 0 Å². The second-order valence-electron chi connectivity index (χ2n) is 5.21. The topological polar surface area (TPSA) is 113 Å². The number of aromatic nitrogens is 2. The van der Waals surface area contributed by atoms with Gasteiger partial charge in [0.1, 0.15) is 5.69 Å².